The number of carbonyl (C=O) groups excluding carboxylic acids is 1. The monoisotopic (exact) mass is 351 g/mol. The van der Waals surface area contributed by atoms with E-state index >= 15 is 0 Å². The van der Waals surface area contributed by atoms with Crippen molar-refractivity contribution in [1.82, 2.24) is 5.32 Å². The van der Waals surface area contributed by atoms with Gasteiger partial charge in [0, 0.05) is 6.42 Å². The Bertz CT molecular complexity index is 736. The van der Waals surface area contributed by atoms with Gasteiger partial charge < -0.3 is 10.1 Å². The molecule has 0 heterocycles. The molecular formula is C23H29NO2. The van der Waals surface area contributed by atoms with Gasteiger partial charge in [0.15, 0.2) is 0 Å². The van der Waals surface area contributed by atoms with Gasteiger partial charge >= 0.3 is 0 Å². The number of carbonyl (C=O) groups is 1. The van der Waals surface area contributed by atoms with Crippen LogP contribution < -0.4 is 10.1 Å². The summed E-state index contributed by atoms with van der Waals surface area (Å²) in [6.45, 7) is 2.13. The van der Waals surface area contributed by atoms with Gasteiger partial charge in [-0.05, 0) is 72.9 Å². The summed E-state index contributed by atoms with van der Waals surface area (Å²) in [6.07, 6.45) is 7.11. The summed E-state index contributed by atoms with van der Waals surface area (Å²) in [7, 11) is 1.66. The minimum Gasteiger partial charge on any atom is -0.497 e. The zero-order chi connectivity index (χ0) is 18.4. The van der Waals surface area contributed by atoms with Crippen molar-refractivity contribution >= 4 is 5.91 Å². The van der Waals surface area contributed by atoms with Crippen LogP contribution in [0.25, 0.3) is 0 Å². The maximum Gasteiger partial charge on any atom is 0.220 e. The normalized spacial score (nSPS) is 14.4. The number of nitrogens with one attached hydrogen (secondary N) is 1. The number of benzene rings is 2. The number of fused-ring (bicyclic) bond motifs is 1. The molecule has 0 saturated carbocycles. The summed E-state index contributed by atoms with van der Waals surface area (Å²) in [6, 6.07) is 14.8. The van der Waals surface area contributed by atoms with Crippen LogP contribution >= 0.6 is 0 Å². The molecule has 3 rings (SSSR count). The lowest BCUT2D eigenvalue weighted by Crippen LogP contribution is -2.28. The molecule has 1 aliphatic rings. The molecule has 0 unspecified atom stereocenters. The number of amides is 1. The molecule has 0 bridgehead atoms. The van der Waals surface area contributed by atoms with Crippen molar-refractivity contribution in [2.75, 3.05) is 7.11 Å². The predicted octanol–water partition coefficient (Wildman–Crippen LogP) is 4.77. The summed E-state index contributed by atoms with van der Waals surface area (Å²) >= 11 is 0. The fraction of sp³-hybridized carbons (Fsp3) is 0.435. The molecule has 0 aliphatic heterocycles. The summed E-state index contributed by atoms with van der Waals surface area (Å²) in [5, 5.41) is 3.22. The van der Waals surface area contributed by atoms with E-state index in [1.54, 1.807) is 7.11 Å². The SMILES string of the molecule is CC[C@H](NC(=O)CCc1ccc(OC)cc1)c1ccc2c(c1)CCCC2. The van der Waals surface area contributed by atoms with Crippen LogP contribution in [0.2, 0.25) is 0 Å². The van der Waals surface area contributed by atoms with E-state index in [-0.39, 0.29) is 11.9 Å². The average Bonchev–Trinajstić information content (AvgIpc) is 2.70. The molecule has 26 heavy (non-hydrogen) atoms. The molecule has 1 amide bonds. The van der Waals surface area contributed by atoms with E-state index in [4.69, 9.17) is 4.74 Å². The molecule has 0 fully saturated rings. The van der Waals surface area contributed by atoms with E-state index in [9.17, 15) is 4.79 Å². The number of hydrogen-bond acceptors (Lipinski definition) is 2. The summed E-state index contributed by atoms with van der Waals surface area (Å²) < 4.78 is 5.17. The number of rotatable bonds is 7. The van der Waals surface area contributed by atoms with Crippen LogP contribution in [-0.4, -0.2) is 13.0 Å². The minimum atomic E-state index is 0.102. The van der Waals surface area contributed by atoms with Gasteiger partial charge in [-0.1, -0.05) is 37.3 Å². The second-order valence-corrected chi connectivity index (χ2v) is 7.11. The molecule has 0 radical (unpaired) electrons. The highest BCUT2D eigenvalue weighted by Gasteiger charge is 2.16. The molecule has 3 nitrogen and oxygen atoms in total. The van der Waals surface area contributed by atoms with E-state index in [1.807, 2.05) is 24.3 Å². The van der Waals surface area contributed by atoms with E-state index in [0.717, 1.165) is 24.2 Å². The fourth-order valence-corrected chi connectivity index (χ4v) is 3.71. The van der Waals surface area contributed by atoms with Crippen LogP contribution in [-0.2, 0) is 24.1 Å². The molecular weight excluding hydrogens is 322 g/mol. The van der Waals surface area contributed by atoms with Crippen molar-refractivity contribution in [3.8, 4) is 5.75 Å². The first-order valence-corrected chi connectivity index (χ1v) is 9.73. The first kappa shape index (κ1) is 18.5. The van der Waals surface area contributed by atoms with Crippen molar-refractivity contribution in [2.24, 2.45) is 0 Å². The molecule has 3 heteroatoms. The Balaban J connectivity index is 1.57. The van der Waals surface area contributed by atoms with Gasteiger partial charge in [0.1, 0.15) is 5.75 Å². The van der Waals surface area contributed by atoms with Crippen LogP contribution in [0, 0.1) is 0 Å². The minimum absolute atomic E-state index is 0.102. The lowest BCUT2D eigenvalue weighted by Gasteiger charge is -2.21. The van der Waals surface area contributed by atoms with E-state index in [1.165, 1.54) is 42.4 Å². The number of aryl methyl sites for hydroxylation is 3. The molecule has 1 atom stereocenters. The summed E-state index contributed by atoms with van der Waals surface area (Å²) in [5.74, 6) is 0.960. The molecule has 1 N–H and O–H groups in total. The first-order valence-electron chi connectivity index (χ1n) is 9.73. The van der Waals surface area contributed by atoms with Gasteiger partial charge in [0.25, 0.3) is 0 Å². The fourth-order valence-electron chi connectivity index (χ4n) is 3.71. The average molecular weight is 351 g/mol. The standard InChI is InChI=1S/C23H29NO2/c1-3-22(20-12-11-18-6-4-5-7-19(18)16-20)24-23(25)15-10-17-8-13-21(26-2)14-9-17/h8-9,11-14,16,22H,3-7,10,15H2,1-2H3,(H,24,25)/t22-/m0/s1. The maximum atomic E-state index is 12.4. The molecule has 2 aromatic rings. The highest BCUT2D eigenvalue weighted by Crippen LogP contribution is 2.26. The largest absolute Gasteiger partial charge is 0.497 e. The Hall–Kier alpha value is -2.29. The Morgan fingerprint density at radius 1 is 1.08 bits per heavy atom. The Morgan fingerprint density at radius 2 is 1.81 bits per heavy atom. The molecule has 2 aromatic carbocycles. The lowest BCUT2D eigenvalue weighted by atomic mass is 9.89. The third-order valence-corrected chi connectivity index (χ3v) is 5.32. The van der Waals surface area contributed by atoms with Gasteiger partial charge in [-0.3, -0.25) is 4.79 Å². The number of ether oxygens (including phenoxy) is 1. The maximum absolute atomic E-state index is 12.4. The van der Waals surface area contributed by atoms with E-state index in [2.05, 4.69) is 30.4 Å². The predicted molar refractivity (Wildman–Crippen MR) is 106 cm³/mol. The zero-order valence-electron chi connectivity index (χ0n) is 15.9. The van der Waals surface area contributed by atoms with Crippen molar-refractivity contribution < 1.29 is 9.53 Å². The number of hydrogen-bond donors (Lipinski definition) is 1. The quantitative estimate of drug-likeness (QED) is 0.780. The molecule has 0 saturated heterocycles. The third kappa shape index (κ3) is 4.66. The van der Waals surface area contributed by atoms with Crippen molar-refractivity contribution in [2.45, 2.75) is 57.9 Å². The molecule has 1 aliphatic carbocycles. The van der Waals surface area contributed by atoms with Crippen LogP contribution in [0.1, 0.15) is 60.9 Å². The number of methoxy groups -OCH3 is 1. The highest BCUT2D eigenvalue weighted by molar-refractivity contribution is 5.76. The highest BCUT2D eigenvalue weighted by atomic mass is 16.5. The molecule has 0 spiro atoms. The zero-order valence-corrected chi connectivity index (χ0v) is 15.9. The summed E-state index contributed by atoms with van der Waals surface area (Å²) in [4.78, 5) is 12.4. The van der Waals surface area contributed by atoms with Crippen LogP contribution in [0.15, 0.2) is 42.5 Å². The molecule has 138 valence electrons. The van der Waals surface area contributed by atoms with E-state index in [0.29, 0.717) is 6.42 Å². The Kier molecular flexibility index (Phi) is 6.32. The first-order chi connectivity index (χ1) is 12.7. The van der Waals surface area contributed by atoms with Gasteiger partial charge in [0.2, 0.25) is 5.91 Å². The van der Waals surface area contributed by atoms with Crippen molar-refractivity contribution in [3.05, 3.63) is 64.7 Å². The van der Waals surface area contributed by atoms with Crippen molar-refractivity contribution in [1.29, 1.82) is 0 Å². The van der Waals surface area contributed by atoms with Crippen LogP contribution in [0.3, 0.4) is 0 Å². The van der Waals surface area contributed by atoms with Gasteiger partial charge in [-0.15, -0.1) is 0 Å². The Labute approximate surface area is 156 Å². The molecule has 0 aromatic heterocycles. The summed E-state index contributed by atoms with van der Waals surface area (Å²) in [5.41, 5.74) is 5.36. The lowest BCUT2D eigenvalue weighted by molar-refractivity contribution is -0.121. The Morgan fingerprint density at radius 3 is 2.50 bits per heavy atom. The van der Waals surface area contributed by atoms with Crippen molar-refractivity contribution in [3.63, 3.8) is 0 Å². The van der Waals surface area contributed by atoms with Crippen LogP contribution in [0.4, 0.5) is 0 Å². The van der Waals surface area contributed by atoms with Gasteiger partial charge in [0.05, 0.1) is 13.2 Å². The third-order valence-electron chi connectivity index (χ3n) is 5.32. The van der Waals surface area contributed by atoms with Crippen LogP contribution in [0.5, 0.6) is 5.75 Å². The second-order valence-electron chi connectivity index (χ2n) is 7.11. The van der Waals surface area contributed by atoms with Gasteiger partial charge in [-0.2, -0.15) is 0 Å². The van der Waals surface area contributed by atoms with E-state index < -0.39 is 0 Å². The smallest absolute Gasteiger partial charge is 0.220 e. The second kappa shape index (κ2) is 8.88. The topological polar surface area (TPSA) is 38.3 Å². The van der Waals surface area contributed by atoms with Gasteiger partial charge in [-0.25, -0.2) is 0 Å².